The molecule has 1 atom stereocenters. The summed E-state index contributed by atoms with van der Waals surface area (Å²) in [4.78, 5) is 1.37. The standard InChI is InChI=1S/C14H23NS/c1-11(2)13-6-8-14(9-7-13)16-10-4-5-12(3)15/h6-9,11-12H,4-5,10,15H2,1-3H3. The number of thioether (sulfide) groups is 1. The lowest BCUT2D eigenvalue weighted by Crippen LogP contribution is -2.14. The van der Waals surface area contributed by atoms with Crippen molar-refractivity contribution in [3.05, 3.63) is 29.8 Å². The molecule has 1 aromatic rings. The summed E-state index contributed by atoms with van der Waals surface area (Å²) in [5.41, 5.74) is 7.13. The fourth-order valence-corrected chi connectivity index (χ4v) is 2.42. The molecule has 2 N–H and O–H groups in total. The van der Waals surface area contributed by atoms with Gasteiger partial charge in [-0.2, -0.15) is 0 Å². The summed E-state index contributed by atoms with van der Waals surface area (Å²) < 4.78 is 0. The molecule has 0 aromatic heterocycles. The first kappa shape index (κ1) is 13.6. The van der Waals surface area contributed by atoms with E-state index in [-0.39, 0.29) is 0 Å². The Kier molecular flexibility index (Phi) is 5.93. The lowest BCUT2D eigenvalue weighted by Gasteiger charge is -2.07. The average Bonchev–Trinajstić information content (AvgIpc) is 2.25. The van der Waals surface area contributed by atoms with Crippen LogP contribution in [0.2, 0.25) is 0 Å². The minimum Gasteiger partial charge on any atom is -0.328 e. The van der Waals surface area contributed by atoms with Gasteiger partial charge in [0.2, 0.25) is 0 Å². The Hall–Kier alpha value is -0.470. The second kappa shape index (κ2) is 6.97. The van der Waals surface area contributed by atoms with Gasteiger partial charge >= 0.3 is 0 Å². The third-order valence-electron chi connectivity index (χ3n) is 2.62. The zero-order valence-corrected chi connectivity index (χ0v) is 11.4. The van der Waals surface area contributed by atoms with Crippen LogP contribution < -0.4 is 5.73 Å². The van der Waals surface area contributed by atoms with E-state index in [1.165, 1.54) is 22.6 Å². The molecular formula is C14H23NS. The summed E-state index contributed by atoms with van der Waals surface area (Å²) in [7, 11) is 0. The molecule has 1 aromatic carbocycles. The molecule has 1 nitrogen and oxygen atoms in total. The summed E-state index contributed by atoms with van der Waals surface area (Å²) in [5.74, 6) is 1.79. The Morgan fingerprint density at radius 2 is 1.75 bits per heavy atom. The quantitative estimate of drug-likeness (QED) is 0.597. The Morgan fingerprint density at radius 1 is 1.12 bits per heavy atom. The highest BCUT2D eigenvalue weighted by atomic mass is 32.2. The maximum atomic E-state index is 5.72. The highest BCUT2D eigenvalue weighted by molar-refractivity contribution is 7.99. The molecule has 0 radical (unpaired) electrons. The predicted molar refractivity (Wildman–Crippen MR) is 74.1 cm³/mol. The zero-order chi connectivity index (χ0) is 12.0. The Morgan fingerprint density at radius 3 is 2.25 bits per heavy atom. The van der Waals surface area contributed by atoms with Gasteiger partial charge in [0.1, 0.15) is 0 Å². The molecule has 0 spiro atoms. The predicted octanol–water partition coefficient (Wildman–Crippen LogP) is 4.03. The van der Waals surface area contributed by atoms with Crippen LogP contribution in [0.1, 0.15) is 45.1 Å². The van der Waals surface area contributed by atoms with E-state index in [4.69, 9.17) is 5.73 Å². The average molecular weight is 237 g/mol. The van der Waals surface area contributed by atoms with Crippen molar-refractivity contribution < 1.29 is 0 Å². The normalized spacial score (nSPS) is 13.1. The van der Waals surface area contributed by atoms with Crippen molar-refractivity contribution in [2.45, 2.75) is 50.5 Å². The van der Waals surface area contributed by atoms with Gasteiger partial charge < -0.3 is 5.73 Å². The van der Waals surface area contributed by atoms with Crippen LogP contribution in [-0.2, 0) is 0 Å². The summed E-state index contributed by atoms with van der Waals surface area (Å²) in [5, 5.41) is 0. The van der Waals surface area contributed by atoms with Gasteiger partial charge in [-0.05, 0) is 49.1 Å². The van der Waals surface area contributed by atoms with Crippen molar-refractivity contribution in [2.75, 3.05) is 5.75 Å². The number of rotatable bonds is 6. The van der Waals surface area contributed by atoms with Crippen LogP contribution in [0.4, 0.5) is 0 Å². The molecule has 0 saturated heterocycles. The third kappa shape index (κ3) is 5.04. The van der Waals surface area contributed by atoms with Crippen LogP contribution >= 0.6 is 11.8 Å². The molecule has 0 aliphatic rings. The van der Waals surface area contributed by atoms with Gasteiger partial charge in [-0.3, -0.25) is 0 Å². The van der Waals surface area contributed by atoms with Crippen LogP contribution in [0, 0.1) is 0 Å². The fourth-order valence-electron chi connectivity index (χ4n) is 1.54. The van der Waals surface area contributed by atoms with E-state index in [1.54, 1.807) is 0 Å². The monoisotopic (exact) mass is 237 g/mol. The van der Waals surface area contributed by atoms with E-state index in [0.29, 0.717) is 12.0 Å². The Bertz CT molecular complexity index is 290. The minimum absolute atomic E-state index is 0.337. The Balaban J connectivity index is 2.32. The summed E-state index contributed by atoms with van der Waals surface area (Å²) in [6.45, 7) is 6.53. The van der Waals surface area contributed by atoms with Gasteiger partial charge in [-0.15, -0.1) is 11.8 Å². The smallest absolute Gasteiger partial charge is 0.00721 e. The van der Waals surface area contributed by atoms with E-state index < -0.39 is 0 Å². The SMILES string of the molecule is CC(N)CCCSc1ccc(C(C)C)cc1. The minimum atomic E-state index is 0.337. The number of hydrogen-bond acceptors (Lipinski definition) is 2. The molecule has 0 aliphatic heterocycles. The van der Waals surface area contributed by atoms with Crippen molar-refractivity contribution >= 4 is 11.8 Å². The van der Waals surface area contributed by atoms with Crippen LogP contribution in [-0.4, -0.2) is 11.8 Å². The fraction of sp³-hybridized carbons (Fsp3) is 0.571. The van der Waals surface area contributed by atoms with Crippen molar-refractivity contribution in [1.82, 2.24) is 0 Å². The van der Waals surface area contributed by atoms with Gasteiger partial charge in [0.05, 0.1) is 0 Å². The van der Waals surface area contributed by atoms with Gasteiger partial charge in [-0.25, -0.2) is 0 Å². The molecule has 0 bridgehead atoms. The first-order chi connectivity index (χ1) is 7.59. The first-order valence-corrected chi connectivity index (χ1v) is 7.06. The molecule has 0 saturated carbocycles. The van der Waals surface area contributed by atoms with E-state index in [2.05, 4.69) is 45.0 Å². The van der Waals surface area contributed by atoms with Crippen molar-refractivity contribution in [1.29, 1.82) is 0 Å². The first-order valence-electron chi connectivity index (χ1n) is 6.08. The molecule has 1 rings (SSSR count). The van der Waals surface area contributed by atoms with Crippen LogP contribution in [0.15, 0.2) is 29.2 Å². The lowest BCUT2D eigenvalue weighted by atomic mass is 10.0. The van der Waals surface area contributed by atoms with E-state index in [0.717, 1.165) is 6.42 Å². The topological polar surface area (TPSA) is 26.0 Å². The largest absolute Gasteiger partial charge is 0.328 e. The van der Waals surface area contributed by atoms with E-state index in [9.17, 15) is 0 Å². The van der Waals surface area contributed by atoms with Crippen molar-refractivity contribution in [3.63, 3.8) is 0 Å². The summed E-state index contributed by atoms with van der Waals surface area (Å²) in [6.07, 6.45) is 2.32. The van der Waals surface area contributed by atoms with E-state index in [1.807, 2.05) is 11.8 Å². The maximum absolute atomic E-state index is 5.72. The molecule has 1 unspecified atom stereocenters. The highest BCUT2D eigenvalue weighted by Gasteiger charge is 2.00. The molecule has 0 fully saturated rings. The van der Waals surface area contributed by atoms with Gasteiger partial charge in [0.15, 0.2) is 0 Å². The van der Waals surface area contributed by atoms with Gasteiger partial charge in [0, 0.05) is 10.9 Å². The van der Waals surface area contributed by atoms with Crippen LogP contribution in [0.25, 0.3) is 0 Å². The number of benzene rings is 1. The molecule has 16 heavy (non-hydrogen) atoms. The van der Waals surface area contributed by atoms with Gasteiger partial charge in [-0.1, -0.05) is 26.0 Å². The lowest BCUT2D eigenvalue weighted by molar-refractivity contribution is 0.656. The second-order valence-corrected chi connectivity index (χ2v) is 5.86. The molecular weight excluding hydrogens is 214 g/mol. The Labute approximate surface area is 104 Å². The van der Waals surface area contributed by atoms with E-state index >= 15 is 0 Å². The third-order valence-corrected chi connectivity index (χ3v) is 3.72. The summed E-state index contributed by atoms with van der Waals surface area (Å²) in [6, 6.07) is 9.26. The molecule has 0 aliphatic carbocycles. The van der Waals surface area contributed by atoms with Gasteiger partial charge in [0.25, 0.3) is 0 Å². The number of hydrogen-bond donors (Lipinski definition) is 1. The summed E-state index contributed by atoms with van der Waals surface area (Å²) >= 11 is 1.93. The zero-order valence-electron chi connectivity index (χ0n) is 10.6. The molecule has 90 valence electrons. The molecule has 0 heterocycles. The molecule has 0 amide bonds. The maximum Gasteiger partial charge on any atom is 0.00721 e. The second-order valence-electron chi connectivity index (χ2n) is 4.69. The number of nitrogens with two attached hydrogens (primary N) is 1. The highest BCUT2D eigenvalue weighted by Crippen LogP contribution is 2.22. The van der Waals surface area contributed by atoms with Crippen molar-refractivity contribution in [3.8, 4) is 0 Å². The van der Waals surface area contributed by atoms with Crippen molar-refractivity contribution in [2.24, 2.45) is 5.73 Å². The molecule has 2 heteroatoms. The van der Waals surface area contributed by atoms with Crippen LogP contribution in [0.3, 0.4) is 0 Å². The van der Waals surface area contributed by atoms with Crippen LogP contribution in [0.5, 0.6) is 0 Å².